The van der Waals surface area contributed by atoms with Crippen LogP contribution < -0.4 is 0 Å². The van der Waals surface area contributed by atoms with E-state index >= 15 is 0 Å². The summed E-state index contributed by atoms with van der Waals surface area (Å²) in [6.45, 7) is 2.59. The molecule has 48 valence electrons. The van der Waals surface area contributed by atoms with Crippen LogP contribution >= 0.6 is 0 Å². The maximum absolute atomic E-state index is 5.03. The van der Waals surface area contributed by atoms with Crippen molar-refractivity contribution in [3.8, 4) is 0 Å². The smallest absolute Gasteiger partial charge is 0.145 e. The minimum atomic E-state index is 0.649. The third-order valence-electron chi connectivity index (χ3n) is 1.52. The van der Waals surface area contributed by atoms with E-state index in [4.69, 9.17) is 4.74 Å². The largest absolute Gasteiger partial charge is 0.492 e. The molecule has 0 N–H and O–H groups in total. The number of ether oxygens (including phenoxy) is 1. The molecule has 9 heavy (non-hydrogen) atoms. The molecule has 0 radical (unpaired) electrons. The molecule has 0 saturated heterocycles. The lowest BCUT2D eigenvalue weighted by Crippen LogP contribution is -2.28. The van der Waals surface area contributed by atoms with Crippen molar-refractivity contribution in [2.45, 2.75) is 0 Å². The first-order chi connectivity index (χ1) is 4.47. The molecule has 0 aromatic rings. The van der Waals surface area contributed by atoms with E-state index in [2.05, 4.69) is 9.89 Å². The van der Waals surface area contributed by atoms with Gasteiger partial charge in [0, 0.05) is 12.7 Å². The molecule has 2 aliphatic rings. The van der Waals surface area contributed by atoms with Gasteiger partial charge < -0.3 is 9.64 Å². The number of amidine groups is 1. The predicted molar refractivity (Wildman–Crippen MR) is 34.1 cm³/mol. The molecule has 0 unspecified atom stereocenters. The normalized spacial score (nSPS) is 23.1. The minimum absolute atomic E-state index is 0.649. The Balaban J connectivity index is 2.23. The third kappa shape index (κ3) is 0.686. The van der Waals surface area contributed by atoms with Crippen LogP contribution in [-0.2, 0) is 4.74 Å². The lowest BCUT2D eigenvalue weighted by Gasteiger charge is -2.18. The summed E-state index contributed by atoms with van der Waals surface area (Å²) in [5.74, 6) is 1.07. The number of nitrogens with zero attached hydrogens (tertiary/aromatic N) is 2. The van der Waals surface area contributed by atoms with Crippen LogP contribution in [0.3, 0.4) is 0 Å². The molecule has 0 saturated carbocycles. The zero-order chi connectivity index (χ0) is 6.10. The molecule has 0 aromatic carbocycles. The van der Waals surface area contributed by atoms with Crippen LogP contribution in [0.25, 0.3) is 0 Å². The Morgan fingerprint density at radius 3 is 3.56 bits per heavy atom. The van der Waals surface area contributed by atoms with Gasteiger partial charge in [-0.1, -0.05) is 0 Å². The Bertz CT molecular complexity index is 174. The average molecular weight is 124 g/mol. The highest BCUT2D eigenvalue weighted by atomic mass is 16.5. The molecule has 0 aromatic heterocycles. The zero-order valence-electron chi connectivity index (χ0n) is 5.08. The molecule has 0 fully saturated rings. The van der Waals surface area contributed by atoms with Gasteiger partial charge >= 0.3 is 0 Å². The first-order valence-electron chi connectivity index (χ1n) is 3.05. The molecule has 3 heteroatoms. The van der Waals surface area contributed by atoms with Gasteiger partial charge in [0.15, 0.2) is 0 Å². The first-order valence-corrected chi connectivity index (χ1v) is 3.05. The zero-order valence-corrected chi connectivity index (χ0v) is 5.08. The topological polar surface area (TPSA) is 24.8 Å². The molecule has 0 spiro atoms. The number of hydrogen-bond donors (Lipinski definition) is 0. The maximum Gasteiger partial charge on any atom is 0.145 e. The van der Waals surface area contributed by atoms with E-state index in [0.717, 1.165) is 18.9 Å². The van der Waals surface area contributed by atoms with Gasteiger partial charge in [0.2, 0.25) is 0 Å². The Labute approximate surface area is 53.6 Å². The van der Waals surface area contributed by atoms with Gasteiger partial charge in [-0.05, 0) is 0 Å². The van der Waals surface area contributed by atoms with E-state index in [1.807, 2.05) is 6.20 Å². The monoisotopic (exact) mass is 124 g/mol. The van der Waals surface area contributed by atoms with Crippen LogP contribution in [-0.4, -0.2) is 30.4 Å². The van der Waals surface area contributed by atoms with Crippen molar-refractivity contribution in [3.05, 3.63) is 12.5 Å². The Morgan fingerprint density at radius 2 is 2.67 bits per heavy atom. The average Bonchev–Trinajstić information content (AvgIpc) is 2.33. The Morgan fingerprint density at radius 1 is 1.67 bits per heavy atom. The number of aliphatic imine (C=N–C) groups is 1. The van der Waals surface area contributed by atoms with E-state index in [9.17, 15) is 0 Å². The third-order valence-corrected chi connectivity index (χ3v) is 1.52. The molecule has 0 bridgehead atoms. The molecule has 0 amide bonds. The lowest BCUT2D eigenvalue weighted by molar-refractivity contribution is 0.270. The van der Waals surface area contributed by atoms with Crippen LogP contribution in [0.5, 0.6) is 0 Å². The van der Waals surface area contributed by atoms with E-state index < -0.39 is 0 Å². The molecule has 2 rings (SSSR count). The fraction of sp³-hybridized carbons (Fsp3) is 0.500. The SMILES string of the molecule is C1=CN2CCN=C2CO1. The summed E-state index contributed by atoms with van der Waals surface area (Å²) < 4.78 is 5.03. The number of rotatable bonds is 0. The number of fused-ring (bicyclic) bond motifs is 1. The highest BCUT2D eigenvalue weighted by molar-refractivity contribution is 5.86. The first kappa shape index (κ1) is 4.85. The van der Waals surface area contributed by atoms with E-state index in [1.165, 1.54) is 0 Å². The summed E-state index contributed by atoms with van der Waals surface area (Å²) in [5, 5.41) is 0. The van der Waals surface area contributed by atoms with Gasteiger partial charge in [0.05, 0.1) is 12.8 Å². The summed E-state index contributed by atoms with van der Waals surface area (Å²) in [5.41, 5.74) is 0. The van der Waals surface area contributed by atoms with E-state index in [0.29, 0.717) is 6.61 Å². The van der Waals surface area contributed by atoms with Crippen molar-refractivity contribution in [2.75, 3.05) is 19.7 Å². The molecule has 0 aliphatic carbocycles. The number of hydrogen-bond acceptors (Lipinski definition) is 3. The molecular formula is C6H8N2O. The summed E-state index contributed by atoms with van der Waals surface area (Å²) in [4.78, 5) is 6.34. The predicted octanol–water partition coefficient (Wildman–Crippen LogP) is 0.202. The van der Waals surface area contributed by atoms with E-state index in [1.54, 1.807) is 6.26 Å². The quantitative estimate of drug-likeness (QED) is 0.461. The fourth-order valence-corrected chi connectivity index (χ4v) is 1.03. The van der Waals surface area contributed by atoms with Gasteiger partial charge in [-0.25, -0.2) is 0 Å². The van der Waals surface area contributed by atoms with Gasteiger partial charge in [-0.3, -0.25) is 4.99 Å². The molecule has 3 nitrogen and oxygen atoms in total. The summed E-state index contributed by atoms with van der Waals surface area (Å²) >= 11 is 0. The van der Waals surface area contributed by atoms with Crippen LogP contribution in [0.4, 0.5) is 0 Å². The second-order valence-corrected chi connectivity index (χ2v) is 2.09. The Kier molecular flexibility index (Phi) is 0.946. The fourth-order valence-electron chi connectivity index (χ4n) is 1.03. The van der Waals surface area contributed by atoms with Crippen molar-refractivity contribution < 1.29 is 4.74 Å². The molecular weight excluding hydrogens is 116 g/mol. The van der Waals surface area contributed by atoms with Crippen LogP contribution in [0.2, 0.25) is 0 Å². The summed E-state index contributed by atoms with van der Waals surface area (Å²) in [6.07, 6.45) is 3.64. The van der Waals surface area contributed by atoms with Gasteiger partial charge in [0.1, 0.15) is 12.4 Å². The molecule has 2 aliphatic heterocycles. The second kappa shape index (κ2) is 1.76. The van der Waals surface area contributed by atoms with Gasteiger partial charge in [-0.15, -0.1) is 0 Å². The lowest BCUT2D eigenvalue weighted by atomic mass is 10.5. The van der Waals surface area contributed by atoms with Gasteiger partial charge in [-0.2, -0.15) is 0 Å². The van der Waals surface area contributed by atoms with Crippen molar-refractivity contribution in [1.29, 1.82) is 0 Å². The van der Waals surface area contributed by atoms with Crippen LogP contribution in [0.15, 0.2) is 17.5 Å². The van der Waals surface area contributed by atoms with Crippen molar-refractivity contribution in [1.82, 2.24) is 4.90 Å². The van der Waals surface area contributed by atoms with Crippen LogP contribution in [0.1, 0.15) is 0 Å². The van der Waals surface area contributed by atoms with Crippen molar-refractivity contribution >= 4 is 5.84 Å². The molecule has 2 heterocycles. The summed E-state index contributed by atoms with van der Waals surface area (Å²) in [6, 6.07) is 0. The van der Waals surface area contributed by atoms with Crippen LogP contribution in [0, 0.1) is 0 Å². The Hall–Kier alpha value is -0.990. The summed E-state index contributed by atoms with van der Waals surface area (Å²) in [7, 11) is 0. The standard InChI is InChI=1S/C6H8N2O/c1-2-8-3-4-9-5-6(8)7-1/h3-4H,1-2,5H2. The van der Waals surface area contributed by atoms with Crippen molar-refractivity contribution in [2.24, 2.45) is 4.99 Å². The van der Waals surface area contributed by atoms with Gasteiger partial charge in [0.25, 0.3) is 0 Å². The second-order valence-electron chi connectivity index (χ2n) is 2.09. The maximum atomic E-state index is 5.03. The highest BCUT2D eigenvalue weighted by Gasteiger charge is 2.16. The van der Waals surface area contributed by atoms with Crippen molar-refractivity contribution in [3.63, 3.8) is 0 Å². The molecule has 0 atom stereocenters. The van der Waals surface area contributed by atoms with E-state index in [-0.39, 0.29) is 0 Å². The minimum Gasteiger partial charge on any atom is -0.492 e. The highest BCUT2D eigenvalue weighted by Crippen LogP contribution is 2.06.